The number of likely N-dealkylation sites (N-methyl/N-ethyl adjacent to an activating group) is 1. The third-order valence-electron chi connectivity index (χ3n) is 3.06. The van der Waals surface area contributed by atoms with E-state index in [2.05, 4.69) is 10.3 Å². The topological polar surface area (TPSA) is 50.9 Å². The predicted octanol–water partition coefficient (Wildman–Crippen LogP) is 2.73. The Bertz CT molecular complexity index is 562. The minimum Gasteiger partial charge on any atom is -0.398 e. The summed E-state index contributed by atoms with van der Waals surface area (Å²) in [6.45, 7) is 0. The molecule has 0 aliphatic heterocycles. The molecule has 106 valence electrons. The van der Waals surface area contributed by atoms with Gasteiger partial charge < -0.3 is 11.1 Å². The number of halogens is 1. The van der Waals surface area contributed by atoms with E-state index in [0.29, 0.717) is 0 Å². The highest BCUT2D eigenvalue weighted by Crippen LogP contribution is 2.21. The van der Waals surface area contributed by atoms with Crippen molar-refractivity contribution in [2.24, 2.45) is 0 Å². The minimum absolute atomic E-state index is 0.201. The summed E-state index contributed by atoms with van der Waals surface area (Å²) in [6, 6.07) is 8.71. The number of aromatic nitrogens is 1. The highest BCUT2D eigenvalue weighted by molar-refractivity contribution is 7.99. The maximum absolute atomic E-state index is 13.1. The lowest BCUT2D eigenvalue weighted by Crippen LogP contribution is -2.30. The molecule has 1 aromatic carbocycles. The molecule has 0 amide bonds. The number of rotatable bonds is 6. The van der Waals surface area contributed by atoms with Gasteiger partial charge in [0, 0.05) is 34.8 Å². The molecule has 0 saturated carbocycles. The molecular weight excluding hydrogens is 273 g/mol. The Morgan fingerprint density at radius 3 is 2.95 bits per heavy atom. The third kappa shape index (κ3) is 4.21. The summed E-state index contributed by atoms with van der Waals surface area (Å²) in [5, 5.41) is 3.26. The molecule has 1 aromatic heterocycles. The maximum Gasteiger partial charge on any atom is 0.124 e. The summed E-state index contributed by atoms with van der Waals surface area (Å²) in [5.41, 5.74) is 7.72. The van der Waals surface area contributed by atoms with Crippen molar-refractivity contribution < 1.29 is 4.39 Å². The number of pyridine rings is 1. The third-order valence-corrected chi connectivity index (χ3v) is 4.22. The maximum atomic E-state index is 13.1. The van der Waals surface area contributed by atoms with Crippen LogP contribution in [-0.4, -0.2) is 23.8 Å². The van der Waals surface area contributed by atoms with Gasteiger partial charge in [-0.25, -0.2) is 4.39 Å². The normalized spacial score (nSPS) is 12.3. The molecule has 0 aliphatic rings. The minimum atomic E-state index is -0.201. The van der Waals surface area contributed by atoms with Gasteiger partial charge in [0.05, 0.1) is 0 Å². The van der Waals surface area contributed by atoms with E-state index < -0.39 is 0 Å². The van der Waals surface area contributed by atoms with Crippen molar-refractivity contribution in [3.8, 4) is 0 Å². The Morgan fingerprint density at radius 1 is 1.40 bits per heavy atom. The number of nitrogens with one attached hydrogen (secondary N) is 1. The Balaban J connectivity index is 1.94. The first kappa shape index (κ1) is 14.8. The first-order valence-corrected chi connectivity index (χ1v) is 7.41. The van der Waals surface area contributed by atoms with Crippen molar-refractivity contribution in [1.82, 2.24) is 10.3 Å². The van der Waals surface area contributed by atoms with Crippen LogP contribution in [0, 0.1) is 5.82 Å². The van der Waals surface area contributed by atoms with Crippen molar-refractivity contribution in [2.45, 2.75) is 17.4 Å². The van der Waals surface area contributed by atoms with E-state index >= 15 is 0 Å². The first-order valence-electron chi connectivity index (χ1n) is 6.43. The van der Waals surface area contributed by atoms with Crippen LogP contribution in [0.5, 0.6) is 0 Å². The highest BCUT2D eigenvalue weighted by atomic mass is 32.2. The van der Waals surface area contributed by atoms with Gasteiger partial charge in [0.25, 0.3) is 0 Å². The number of benzene rings is 1. The monoisotopic (exact) mass is 291 g/mol. The summed E-state index contributed by atoms with van der Waals surface area (Å²) < 4.78 is 13.1. The Hall–Kier alpha value is -1.59. The molecule has 2 rings (SSSR count). The van der Waals surface area contributed by atoms with Crippen LogP contribution in [0.25, 0.3) is 0 Å². The summed E-state index contributed by atoms with van der Waals surface area (Å²) in [7, 11) is 1.92. The standard InChI is InChI=1S/C15H18FN3S/c1-18-13(7-11-9-19-6-5-15(11)17)10-20-14-4-2-3-12(16)8-14/h2-6,8-9,13,18H,7,10H2,1H3,(H2,17,19). The molecule has 1 unspecified atom stereocenters. The number of nitrogen functional groups attached to an aromatic ring is 1. The lowest BCUT2D eigenvalue weighted by Gasteiger charge is -2.16. The molecule has 0 spiro atoms. The van der Waals surface area contributed by atoms with Crippen LogP contribution >= 0.6 is 11.8 Å². The van der Waals surface area contributed by atoms with Crippen LogP contribution in [0.2, 0.25) is 0 Å². The molecule has 0 fully saturated rings. The summed E-state index contributed by atoms with van der Waals surface area (Å²) >= 11 is 1.63. The second-order valence-corrected chi connectivity index (χ2v) is 5.63. The van der Waals surface area contributed by atoms with Gasteiger partial charge in [0.2, 0.25) is 0 Å². The van der Waals surface area contributed by atoms with Crippen LogP contribution in [-0.2, 0) is 6.42 Å². The average molecular weight is 291 g/mol. The van der Waals surface area contributed by atoms with E-state index in [9.17, 15) is 4.39 Å². The zero-order chi connectivity index (χ0) is 14.4. The number of nitrogens with two attached hydrogens (primary N) is 1. The van der Waals surface area contributed by atoms with Crippen molar-refractivity contribution in [3.63, 3.8) is 0 Å². The molecule has 0 radical (unpaired) electrons. The summed E-state index contributed by atoms with van der Waals surface area (Å²) in [5.74, 6) is 0.640. The molecule has 1 atom stereocenters. The molecule has 5 heteroatoms. The van der Waals surface area contributed by atoms with E-state index in [0.717, 1.165) is 28.3 Å². The zero-order valence-corrected chi connectivity index (χ0v) is 12.2. The molecule has 3 nitrogen and oxygen atoms in total. The Kier molecular flexibility index (Phi) is 5.38. The zero-order valence-electron chi connectivity index (χ0n) is 11.3. The van der Waals surface area contributed by atoms with Crippen LogP contribution in [0.3, 0.4) is 0 Å². The second-order valence-electron chi connectivity index (χ2n) is 4.53. The highest BCUT2D eigenvalue weighted by Gasteiger charge is 2.10. The smallest absolute Gasteiger partial charge is 0.124 e. The first-order chi connectivity index (χ1) is 9.69. The van der Waals surface area contributed by atoms with Crippen LogP contribution in [0.4, 0.5) is 10.1 Å². The number of anilines is 1. The van der Waals surface area contributed by atoms with Gasteiger partial charge in [-0.15, -0.1) is 11.8 Å². The molecule has 3 N–H and O–H groups in total. The van der Waals surface area contributed by atoms with Gasteiger partial charge in [-0.05, 0) is 43.3 Å². The van der Waals surface area contributed by atoms with Gasteiger partial charge >= 0.3 is 0 Å². The predicted molar refractivity (Wildman–Crippen MR) is 82.3 cm³/mol. The average Bonchev–Trinajstić information content (AvgIpc) is 2.45. The van der Waals surface area contributed by atoms with Gasteiger partial charge in [-0.1, -0.05) is 6.07 Å². The van der Waals surface area contributed by atoms with Crippen LogP contribution in [0.15, 0.2) is 47.6 Å². The molecule has 2 aromatic rings. The van der Waals surface area contributed by atoms with Crippen LogP contribution in [0.1, 0.15) is 5.56 Å². The number of hydrogen-bond acceptors (Lipinski definition) is 4. The number of nitrogens with zero attached hydrogens (tertiary/aromatic N) is 1. The van der Waals surface area contributed by atoms with Gasteiger partial charge in [0.15, 0.2) is 0 Å². The summed E-state index contributed by atoms with van der Waals surface area (Å²) in [4.78, 5) is 5.03. The fraction of sp³-hybridized carbons (Fsp3) is 0.267. The van der Waals surface area contributed by atoms with E-state index in [1.54, 1.807) is 36.3 Å². The lowest BCUT2D eigenvalue weighted by molar-refractivity contribution is 0.615. The number of thioether (sulfide) groups is 1. The van der Waals surface area contributed by atoms with Gasteiger partial charge in [-0.2, -0.15) is 0 Å². The molecule has 0 bridgehead atoms. The molecular formula is C15H18FN3S. The van der Waals surface area contributed by atoms with Crippen LogP contribution < -0.4 is 11.1 Å². The Morgan fingerprint density at radius 2 is 2.25 bits per heavy atom. The molecule has 20 heavy (non-hydrogen) atoms. The number of hydrogen-bond donors (Lipinski definition) is 2. The second kappa shape index (κ2) is 7.26. The van der Waals surface area contributed by atoms with E-state index in [1.165, 1.54) is 6.07 Å². The van der Waals surface area contributed by atoms with Gasteiger partial charge in [0.1, 0.15) is 5.82 Å². The molecule has 0 saturated heterocycles. The SMILES string of the molecule is CNC(CSc1cccc(F)c1)Cc1cnccc1N. The lowest BCUT2D eigenvalue weighted by atomic mass is 10.1. The quantitative estimate of drug-likeness (QED) is 0.804. The van der Waals surface area contributed by atoms with E-state index in [4.69, 9.17) is 5.73 Å². The van der Waals surface area contributed by atoms with E-state index in [-0.39, 0.29) is 11.9 Å². The van der Waals surface area contributed by atoms with E-state index in [1.807, 2.05) is 19.2 Å². The van der Waals surface area contributed by atoms with Crippen molar-refractivity contribution >= 4 is 17.4 Å². The largest absolute Gasteiger partial charge is 0.398 e. The van der Waals surface area contributed by atoms with Gasteiger partial charge in [-0.3, -0.25) is 4.98 Å². The van der Waals surface area contributed by atoms with Crippen molar-refractivity contribution in [1.29, 1.82) is 0 Å². The summed E-state index contributed by atoms with van der Waals surface area (Å²) in [6.07, 6.45) is 4.29. The fourth-order valence-corrected chi connectivity index (χ4v) is 2.92. The molecule has 0 aliphatic carbocycles. The molecule has 1 heterocycles. The van der Waals surface area contributed by atoms with Crippen molar-refractivity contribution in [3.05, 3.63) is 54.1 Å². The van der Waals surface area contributed by atoms with Crippen molar-refractivity contribution in [2.75, 3.05) is 18.5 Å². The Labute approximate surface area is 122 Å². The fourth-order valence-electron chi connectivity index (χ4n) is 1.87.